The number of allylic oxidation sites excluding steroid dienone is 1. The Morgan fingerprint density at radius 1 is 1.20 bits per heavy atom. The topological polar surface area (TPSA) is 60.0 Å². The van der Waals surface area contributed by atoms with E-state index < -0.39 is 0 Å². The summed E-state index contributed by atoms with van der Waals surface area (Å²) in [4.78, 5) is 12.4. The summed E-state index contributed by atoms with van der Waals surface area (Å²) in [7, 11) is 4.78. The number of hydrazine groups is 1. The smallest absolute Gasteiger partial charge is 0.242 e. The van der Waals surface area contributed by atoms with Crippen LogP contribution in [0.4, 0.5) is 0 Å². The van der Waals surface area contributed by atoms with E-state index in [1.54, 1.807) is 26.3 Å². The molecule has 1 N–H and O–H groups in total. The van der Waals surface area contributed by atoms with Crippen molar-refractivity contribution in [1.82, 2.24) is 10.4 Å². The lowest BCUT2D eigenvalue weighted by molar-refractivity contribution is -0.131. The molecule has 25 heavy (non-hydrogen) atoms. The van der Waals surface area contributed by atoms with Crippen LogP contribution in [0, 0.1) is 0 Å². The molecular weight excluding hydrogens is 344 g/mol. The highest BCUT2D eigenvalue weighted by molar-refractivity contribution is 6.18. The van der Waals surface area contributed by atoms with E-state index in [2.05, 4.69) is 5.43 Å². The Balaban J connectivity index is 1.98. The summed E-state index contributed by atoms with van der Waals surface area (Å²) in [6, 6.07) is 3.78. The number of hydrogen-bond acceptors (Lipinski definition) is 5. The average Bonchev–Trinajstić information content (AvgIpc) is 3.22. The van der Waals surface area contributed by atoms with E-state index in [0.29, 0.717) is 29.5 Å². The van der Waals surface area contributed by atoms with Gasteiger partial charge in [-0.2, -0.15) is 0 Å². The summed E-state index contributed by atoms with van der Waals surface area (Å²) < 4.78 is 16.3. The van der Waals surface area contributed by atoms with Crippen LogP contribution in [0.25, 0.3) is 0 Å². The van der Waals surface area contributed by atoms with Crippen molar-refractivity contribution in [3.8, 4) is 17.2 Å². The Kier molecular flexibility index (Phi) is 5.39. The SMILES string of the molecule is COc1cc(C2NN(C(=O)CCCl)C3=C2CCC3)cc(OC)c1OC. The monoisotopic (exact) mass is 366 g/mol. The zero-order chi connectivity index (χ0) is 18.0. The molecule has 136 valence electrons. The van der Waals surface area contributed by atoms with E-state index >= 15 is 0 Å². The molecule has 0 aromatic heterocycles. The van der Waals surface area contributed by atoms with Crippen molar-refractivity contribution in [3.05, 3.63) is 29.0 Å². The maximum atomic E-state index is 12.4. The number of benzene rings is 1. The summed E-state index contributed by atoms with van der Waals surface area (Å²) in [6.07, 6.45) is 3.23. The average molecular weight is 367 g/mol. The lowest BCUT2D eigenvalue weighted by Crippen LogP contribution is -2.39. The molecule has 0 bridgehead atoms. The number of methoxy groups -OCH3 is 3. The molecule has 2 aliphatic rings. The fraction of sp³-hybridized carbons (Fsp3) is 0.500. The third kappa shape index (κ3) is 3.16. The fourth-order valence-corrected chi connectivity index (χ4v) is 3.72. The molecule has 7 heteroatoms. The second-order valence-corrected chi connectivity index (χ2v) is 6.39. The van der Waals surface area contributed by atoms with Gasteiger partial charge in [0.1, 0.15) is 0 Å². The predicted molar refractivity (Wildman–Crippen MR) is 95.0 cm³/mol. The molecule has 1 aliphatic carbocycles. The van der Waals surface area contributed by atoms with Gasteiger partial charge in [0.2, 0.25) is 11.7 Å². The van der Waals surface area contributed by atoms with E-state index in [1.165, 1.54) is 5.57 Å². The molecule has 0 radical (unpaired) electrons. The highest BCUT2D eigenvalue weighted by atomic mass is 35.5. The van der Waals surface area contributed by atoms with Crippen molar-refractivity contribution in [3.63, 3.8) is 0 Å². The van der Waals surface area contributed by atoms with Gasteiger partial charge in [-0.25, -0.2) is 10.4 Å². The number of carbonyl (C=O) groups excluding carboxylic acids is 1. The quantitative estimate of drug-likeness (QED) is 0.783. The standard InChI is InChI=1S/C18H23ClN2O4/c1-23-14-9-11(10-15(24-2)18(14)25-3)17-12-5-4-6-13(12)21(20-17)16(22)7-8-19/h9-10,17,20H,4-8H2,1-3H3. The molecule has 1 atom stereocenters. The lowest BCUT2D eigenvalue weighted by Gasteiger charge is -2.23. The van der Waals surface area contributed by atoms with Crippen molar-refractivity contribution < 1.29 is 19.0 Å². The van der Waals surface area contributed by atoms with Gasteiger partial charge in [-0.1, -0.05) is 0 Å². The highest BCUT2D eigenvalue weighted by Gasteiger charge is 2.38. The number of nitrogens with zero attached hydrogens (tertiary/aromatic N) is 1. The normalized spacial score (nSPS) is 19.2. The zero-order valence-electron chi connectivity index (χ0n) is 14.7. The molecule has 0 saturated heterocycles. The van der Waals surface area contributed by atoms with Crippen molar-refractivity contribution in [1.29, 1.82) is 0 Å². The van der Waals surface area contributed by atoms with Crippen LogP contribution in [0.15, 0.2) is 23.4 Å². The van der Waals surface area contributed by atoms with Crippen molar-refractivity contribution in [2.75, 3.05) is 27.2 Å². The Morgan fingerprint density at radius 2 is 1.88 bits per heavy atom. The van der Waals surface area contributed by atoms with Gasteiger partial charge in [0.25, 0.3) is 0 Å². The van der Waals surface area contributed by atoms with Crippen LogP contribution in [-0.2, 0) is 4.79 Å². The molecule has 1 aliphatic heterocycles. The summed E-state index contributed by atoms with van der Waals surface area (Å²) in [5.41, 5.74) is 6.64. The van der Waals surface area contributed by atoms with Gasteiger partial charge >= 0.3 is 0 Å². The van der Waals surface area contributed by atoms with Crippen molar-refractivity contribution >= 4 is 17.5 Å². The highest BCUT2D eigenvalue weighted by Crippen LogP contribution is 2.46. The Bertz CT molecular complexity index is 679. The largest absolute Gasteiger partial charge is 0.493 e. The number of halogens is 1. The number of rotatable bonds is 6. The molecule has 0 fully saturated rings. The minimum atomic E-state index is -0.0783. The summed E-state index contributed by atoms with van der Waals surface area (Å²) >= 11 is 5.75. The molecule has 1 heterocycles. The zero-order valence-corrected chi connectivity index (χ0v) is 15.5. The van der Waals surface area contributed by atoms with E-state index in [-0.39, 0.29) is 11.9 Å². The lowest BCUT2D eigenvalue weighted by atomic mass is 9.98. The molecule has 6 nitrogen and oxygen atoms in total. The van der Waals surface area contributed by atoms with Gasteiger partial charge in [-0.15, -0.1) is 11.6 Å². The summed E-state index contributed by atoms with van der Waals surface area (Å²) in [5.74, 6) is 2.07. The Morgan fingerprint density at radius 3 is 2.44 bits per heavy atom. The summed E-state index contributed by atoms with van der Waals surface area (Å²) in [5, 5.41) is 1.68. The second-order valence-electron chi connectivity index (χ2n) is 6.01. The molecule has 1 aromatic rings. The molecule has 3 rings (SSSR count). The Labute approximate surface area is 152 Å². The minimum absolute atomic E-state index is 0.000610. The van der Waals surface area contributed by atoms with Gasteiger partial charge < -0.3 is 14.2 Å². The second kappa shape index (κ2) is 7.54. The summed E-state index contributed by atoms with van der Waals surface area (Å²) in [6.45, 7) is 0. The maximum absolute atomic E-state index is 12.4. The van der Waals surface area contributed by atoms with Crippen LogP contribution in [0.2, 0.25) is 0 Å². The molecule has 1 amide bonds. The molecule has 1 unspecified atom stereocenters. The van der Waals surface area contributed by atoms with E-state index in [9.17, 15) is 4.79 Å². The third-order valence-corrected chi connectivity index (χ3v) is 4.87. The first kappa shape index (κ1) is 17.9. The molecule has 0 spiro atoms. The van der Waals surface area contributed by atoms with Crippen molar-refractivity contribution in [2.45, 2.75) is 31.7 Å². The minimum Gasteiger partial charge on any atom is -0.493 e. The van der Waals surface area contributed by atoms with Crippen LogP contribution >= 0.6 is 11.6 Å². The third-order valence-electron chi connectivity index (χ3n) is 4.69. The molecule has 1 aromatic carbocycles. The van der Waals surface area contributed by atoms with Gasteiger partial charge in [-0.05, 0) is 42.5 Å². The van der Waals surface area contributed by atoms with Crippen LogP contribution in [0.3, 0.4) is 0 Å². The Hall–Kier alpha value is -1.92. The number of ether oxygens (including phenoxy) is 3. The predicted octanol–water partition coefficient (Wildman–Crippen LogP) is 3.17. The van der Waals surface area contributed by atoms with Crippen LogP contribution in [0.1, 0.15) is 37.3 Å². The number of hydrogen-bond donors (Lipinski definition) is 1. The maximum Gasteiger partial charge on any atom is 0.242 e. The number of nitrogens with one attached hydrogen (secondary N) is 1. The van der Waals surface area contributed by atoms with E-state index in [4.69, 9.17) is 25.8 Å². The number of carbonyl (C=O) groups is 1. The molecule has 0 saturated carbocycles. The van der Waals surface area contributed by atoms with Crippen LogP contribution in [0.5, 0.6) is 17.2 Å². The first-order valence-corrected chi connectivity index (χ1v) is 8.85. The number of amides is 1. The van der Waals surface area contributed by atoms with Crippen LogP contribution in [-0.4, -0.2) is 38.1 Å². The van der Waals surface area contributed by atoms with Crippen LogP contribution < -0.4 is 19.6 Å². The van der Waals surface area contributed by atoms with Gasteiger partial charge in [0, 0.05) is 18.0 Å². The first-order valence-electron chi connectivity index (χ1n) is 8.31. The van der Waals surface area contributed by atoms with Gasteiger partial charge in [-0.3, -0.25) is 4.79 Å². The first-order chi connectivity index (χ1) is 12.1. The van der Waals surface area contributed by atoms with E-state index in [0.717, 1.165) is 30.5 Å². The molecular formula is C18H23ClN2O4. The van der Waals surface area contributed by atoms with E-state index in [1.807, 2.05) is 12.1 Å². The van der Waals surface area contributed by atoms with Crippen molar-refractivity contribution in [2.24, 2.45) is 0 Å². The van der Waals surface area contributed by atoms with Gasteiger partial charge in [0.15, 0.2) is 11.5 Å². The number of alkyl halides is 1. The van der Waals surface area contributed by atoms with Gasteiger partial charge in [0.05, 0.1) is 27.4 Å². The fourth-order valence-electron chi connectivity index (χ4n) is 3.56.